The van der Waals surface area contributed by atoms with Crippen molar-refractivity contribution in [3.8, 4) is 17.2 Å². The summed E-state index contributed by atoms with van der Waals surface area (Å²) in [6.45, 7) is 2.61. The summed E-state index contributed by atoms with van der Waals surface area (Å²) in [5, 5.41) is 3.13. The number of benzene rings is 2. The van der Waals surface area contributed by atoms with Crippen LogP contribution in [0.4, 0.5) is 5.69 Å². The van der Waals surface area contributed by atoms with Gasteiger partial charge in [-0.2, -0.15) is 0 Å². The topological polar surface area (TPSA) is 56.8 Å². The van der Waals surface area contributed by atoms with Gasteiger partial charge in [0.15, 0.2) is 17.6 Å². The van der Waals surface area contributed by atoms with Crippen LogP contribution in [0.5, 0.6) is 17.2 Å². The Morgan fingerprint density at radius 2 is 1.83 bits per heavy atom. The van der Waals surface area contributed by atoms with Crippen LogP contribution in [0, 0.1) is 0 Å². The number of hydrogen-bond acceptors (Lipinski definition) is 4. The lowest BCUT2D eigenvalue weighted by Gasteiger charge is -2.20. The Morgan fingerprint density at radius 3 is 2.50 bits per heavy atom. The van der Waals surface area contributed by atoms with E-state index in [1.165, 1.54) is 0 Å². The molecule has 3 rings (SSSR count). The van der Waals surface area contributed by atoms with Crippen molar-refractivity contribution in [3.63, 3.8) is 0 Å². The molecule has 1 atom stereocenters. The maximum absolute atomic E-state index is 12.3. The average Bonchev–Trinajstić information content (AvgIpc) is 2.57. The minimum atomic E-state index is -0.685. The molecule has 0 aliphatic carbocycles. The Kier molecular flexibility index (Phi) is 5.16. The molecule has 0 fully saturated rings. The fourth-order valence-electron chi connectivity index (χ4n) is 2.16. The summed E-state index contributed by atoms with van der Waals surface area (Å²) in [6.07, 6.45) is -0.685. The zero-order valence-electron chi connectivity index (χ0n) is 12.8. The number of nitrogens with one attached hydrogen (secondary N) is 1. The van der Waals surface area contributed by atoms with Gasteiger partial charge in [-0.25, -0.2) is 0 Å². The summed E-state index contributed by atoms with van der Waals surface area (Å²) in [4.78, 5) is 12.3. The van der Waals surface area contributed by atoms with Crippen LogP contribution in [-0.2, 0) is 4.79 Å². The zero-order valence-corrected chi connectivity index (χ0v) is 15.2. The number of fused-ring (bicyclic) bond motifs is 1. The van der Waals surface area contributed by atoms with Crippen molar-refractivity contribution in [2.24, 2.45) is 0 Å². The molecule has 24 heavy (non-hydrogen) atoms. The van der Waals surface area contributed by atoms with Crippen molar-refractivity contribution in [2.45, 2.75) is 13.0 Å². The van der Waals surface area contributed by atoms with Gasteiger partial charge < -0.3 is 19.5 Å². The van der Waals surface area contributed by atoms with E-state index in [-0.39, 0.29) is 5.91 Å². The standard InChI is InChI=1S/C17H15BrClNO4/c1-10(24-12-4-2-11(18)3-5-12)17(21)20-14-9-16-15(8-13(14)19)22-6-7-23-16/h2-5,8-10H,6-7H2,1H3,(H,20,21). The summed E-state index contributed by atoms with van der Waals surface area (Å²) < 4.78 is 17.5. The van der Waals surface area contributed by atoms with Crippen LogP contribution in [0.25, 0.3) is 0 Å². The van der Waals surface area contributed by atoms with Crippen LogP contribution in [0.2, 0.25) is 5.02 Å². The van der Waals surface area contributed by atoms with Crippen molar-refractivity contribution in [2.75, 3.05) is 18.5 Å². The highest BCUT2D eigenvalue weighted by Crippen LogP contribution is 2.38. The van der Waals surface area contributed by atoms with E-state index >= 15 is 0 Å². The van der Waals surface area contributed by atoms with E-state index < -0.39 is 6.10 Å². The van der Waals surface area contributed by atoms with Gasteiger partial charge in [0.05, 0.1) is 10.7 Å². The van der Waals surface area contributed by atoms with Gasteiger partial charge in [-0.05, 0) is 31.2 Å². The summed E-state index contributed by atoms with van der Waals surface area (Å²) in [6, 6.07) is 10.5. The third kappa shape index (κ3) is 3.94. The molecule has 0 aromatic heterocycles. The predicted molar refractivity (Wildman–Crippen MR) is 95.3 cm³/mol. The van der Waals surface area contributed by atoms with E-state index in [1.54, 1.807) is 31.2 Å². The maximum Gasteiger partial charge on any atom is 0.265 e. The predicted octanol–water partition coefficient (Wildman–Crippen LogP) is 4.28. The number of amides is 1. The monoisotopic (exact) mass is 411 g/mol. The Labute approximate surface area is 153 Å². The summed E-state index contributed by atoms with van der Waals surface area (Å²) in [7, 11) is 0. The van der Waals surface area contributed by atoms with Crippen LogP contribution in [-0.4, -0.2) is 25.2 Å². The molecule has 1 unspecified atom stereocenters. The van der Waals surface area contributed by atoms with Crippen molar-refractivity contribution >= 4 is 39.1 Å². The van der Waals surface area contributed by atoms with Gasteiger partial charge in [-0.3, -0.25) is 4.79 Å². The van der Waals surface area contributed by atoms with Gasteiger partial charge in [0.1, 0.15) is 19.0 Å². The van der Waals surface area contributed by atoms with E-state index in [0.717, 1.165) is 4.47 Å². The normalized spacial score (nSPS) is 14.0. The Balaban J connectivity index is 1.68. The molecule has 5 nitrogen and oxygen atoms in total. The zero-order chi connectivity index (χ0) is 17.1. The first kappa shape index (κ1) is 16.9. The first-order valence-electron chi connectivity index (χ1n) is 7.35. The molecule has 2 aromatic rings. The van der Waals surface area contributed by atoms with Crippen LogP contribution in [0.15, 0.2) is 40.9 Å². The lowest BCUT2D eigenvalue weighted by Crippen LogP contribution is -2.30. The first-order valence-corrected chi connectivity index (χ1v) is 8.52. The Hall–Kier alpha value is -1.92. The molecular formula is C17H15BrClNO4. The van der Waals surface area contributed by atoms with Crippen LogP contribution in [0.1, 0.15) is 6.92 Å². The van der Waals surface area contributed by atoms with Crippen molar-refractivity contribution in [3.05, 3.63) is 45.9 Å². The smallest absolute Gasteiger partial charge is 0.265 e. The number of anilines is 1. The average molecular weight is 413 g/mol. The van der Waals surface area contributed by atoms with E-state index in [9.17, 15) is 4.79 Å². The number of ether oxygens (including phenoxy) is 3. The molecule has 0 radical (unpaired) electrons. The van der Waals surface area contributed by atoms with E-state index in [2.05, 4.69) is 21.2 Å². The molecule has 0 saturated carbocycles. The third-order valence-electron chi connectivity index (χ3n) is 3.39. The highest BCUT2D eigenvalue weighted by molar-refractivity contribution is 9.10. The molecule has 0 bridgehead atoms. The van der Waals surface area contributed by atoms with Gasteiger partial charge in [-0.1, -0.05) is 27.5 Å². The summed E-state index contributed by atoms with van der Waals surface area (Å²) in [5.74, 6) is 1.43. The van der Waals surface area contributed by atoms with Gasteiger partial charge in [0.25, 0.3) is 5.91 Å². The van der Waals surface area contributed by atoms with Crippen LogP contribution in [0.3, 0.4) is 0 Å². The van der Waals surface area contributed by atoms with Crippen LogP contribution >= 0.6 is 27.5 Å². The van der Waals surface area contributed by atoms with Crippen molar-refractivity contribution < 1.29 is 19.0 Å². The van der Waals surface area contributed by atoms with E-state index in [0.29, 0.717) is 41.2 Å². The molecule has 1 N–H and O–H groups in total. The fourth-order valence-corrected chi connectivity index (χ4v) is 2.63. The molecule has 1 aliphatic heterocycles. The van der Waals surface area contributed by atoms with Crippen molar-refractivity contribution in [1.29, 1.82) is 0 Å². The molecule has 2 aromatic carbocycles. The third-order valence-corrected chi connectivity index (χ3v) is 4.23. The number of hydrogen-bond donors (Lipinski definition) is 1. The highest BCUT2D eigenvalue weighted by atomic mass is 79.9. The SMILES string of the molecule is CC(Oc1ccc(Br)cc1)C(=O)Nc1cc2c(cc1Cl)OCCO2. The minimum absolute atomic E-state index is 0.309. The van der Waals surface area contributed by atoms with E-state index in [1.807, 2.05) is 12.1 Å². The molecule has 0 saturated heterocycles. The Bertz CT molecular complexity index is 751. The van der Waals surface area contributed by atoms with Gasteiger partial charge >= 0.3 is 0 Å². The minimum Gasteiger partial charge on any atom is -0.486 e. The highest BCUT2D eigenvalue weighted by Gasteiger charge is 2.19. The van der Waals surface area contributed by atoms with Crippen molar-refractivity contribution in [1.82, 2.24) is 0 Å². The maximum atomic E-state index is 12.3. The fraction of sp³-hybridized carbons (Fsp3) is 0.235. The molecule has 1 amide bonds. The van der Waals surface area contributed by atoms with Gasteiger partial charge in [-0.15, -0.1) is 0 Å². The second-order valence-electron chi connectivity index (χ2n) is 5.18. The van der Waals surface area contributed by atoms with Crippen LogP contribution < -0.4 is 19.5 Å². The number of rotatable bonds is 4. The molecule has 126 valence electrons. The summed E-state index contributed by atoms with van der Waals surface area (Å²) in [5.41, 5.74) is 0.456. The lowest BCUT2D eigenvalue weighted by atomic mass is 10.2. The molecule has 1 heterocycles. The molecule has 7 heteroatoms. The number of carbonyl (C=O) groups excluding carboxylic acids is 1. The Morgan fingerprint density at radius 1 is 1.21 bits per heavy atom. The second-order valence-corrected chi connectivity index (χ2v) is 6.50. The van der Waals surface area contributed by atoms with Gasteiger partial charge in [0, 0.05) is 16.6 Å². The lowest BCUT2D eigenvalue weighted by molar-refractivity contribution is -0.122. The molecular weight excluding hydrogens is 398 g/mol. The second kappa shape index (κ2) is 7.32. The van der Waals surface area contributed by atoms with Gasteiger partial charge in [0.2, 0.25) is 0 Å². The largest absolute Gasteiger partial charge is 0.486 e. The quantitative estimate of drug-likeness (QED) is 0.814. The van der Waals surface area contributed by atoms with E-state index in [4.69, 9.17) is 25.8 Å². The number of halogens is 2. The number of carbonyl (C=O) groups is 1. The summed E-state index contributed by atoms with van der Waals surface area (Å²) >= 11 is 9.54. The molecule has 1 aliphatic rings. The first-order chi connectivity index (χ1) is 11.5. The molecule has 0 spiro atoms.